The minimum absolute atomic E-state index is 0.131. The van der Waals surface area contributed by atoms with Gasteiger partial charge in [0.1, 0.15) is 17.6 Å². The van der Waals surface area contributed by atoms with Gasteiger partial charge in [0.25, 0.3) is 11.8 Å². The van der Waals surface area contributed by atoms with E-state index in [1.165, 1.54) is 33.8 Å². The molecule has 0 bridgehead atoms. The summed E-state index contributed by atoms with van der Waals surface area (Å²) < 4.78 is 21.2. The van der Waals surface area contributed by atoms with E-state index in [1.54, 1.807) is 57.1 Å². The Bertz CT molecular complexity index is 1430. The summed E-state index contributed by atoms with van der Waals surface area (Å²) >= 11 is 0. The fourth-order valence-electron chi connectivity index (χ4n) is 4.67. The molecule has 0 spiro atoms. The van der Waals surface area contributed by atoms with Gasteiger partial charge in [-0.1, -0.05) is 13.0 Å². The maximum Gasteiger partial charge on any atom is 0.321 e. The van der Waals surface area contributed by atoms with Crippen LogP contribution in [0, 0.1) is 18.7 Å². The third-order valence-corrected chi connectivity index (χ3v) is 7.07. The number of anilines is 2. The zero-order chi connectivity index (χ0) is 29.8. The zero-order valence-corrected chi connectivity index (χ0v) is 23.7. The van der Waals surface area contributed by atoms with Crippen molar-refractivity contribution in [2.24, 2.45) is 13.0 Å². The summed E-state index contributed by atoms with van der Waals surface area (Å²) in [6.07, 6.45) is -0.601. The molecule has 0 saturated carbocycles. The SMILES string of the molecule is Cc1cc(C(=O)Nc2cccc3c2O[C@H](CN(C)C(=O)Nc2ccc(F)cc2)[C@H](C)CN([C@H](C)CO)C3=O)n(C)n1. The number of nitrogens with zero attached hydrogens (tertiary/aromatic N) is 4. The van der Waals surface area contributed by atoms with Gasteiger partial charge in [0.05, 0.1) is 36.1 Å². The van der Waals surface area contributed by atoms with Crippen molar-refractivity contribution >= 4 is 29.2 Å². The quantitative estimate of drug-likeness (QED) is 0.402. The molecular formula is C29H35FN6O5. The standard InChI is InChI=1S/C29H35FN6O5/c1-17-14-36(19(3)16-37)28(39)22-7-6-8-23(32-27(38)24-13-18(2)33-35(24)5)26(22)41-25(17)15-34(4)29(40)31-21-11-9-20(30)10-12-21/h6-13,17,19,25,37H,14-16H2,1-5H3,(H,31,40)(H,32,38)/t17-,19-,25-/m1/s1. The topological polar surface area (TPSA) is 129 Å². The molecule has 11 nitrogen and oxygen atoms in total. The Balaban J connectivity index is 1.65. The van der Waals surface area contributed by atoms with Gasteiger partial charge in [-0.05, 0) is 56.3 Å². The van der Waals surface area contributed by atoms with E-state index in [4.69, 9.17) is 4.74 Å². The van der Waals surface area contributed by atoms with Crippen LogP contribution >= 0.6 is 0 Å². The van der Waals surface area contributed by atoms with Gasteiger partial charge in [-0.15, -0.1) is 0 Å². The van der Waals surface area contributed by atoms with Crippen molar-refractivity contribution < 1.29 is 28.6 Å². The fourth-order valence-corrected chi connectivity index (χ4v) is 4.67. The molecule has 218 valence electrons. The molecule has 41 heavy (non-hydrogen) atoms. The number of para-hydroxylation sites is 1. The van der Waals surface area contributed by atoms with Crippen LogP contribution in [-0.4, -0.2) is 81.4 Å². The van der Waals surface area contributed by atoms with Gasteiger partial charge in [-0.2, -0.15) is 5.10 Å². The Morgan fingerprint density at radius 1 is 1.22 bits per heavy atom. The number of hydrogen-bond acceptors (Lipinski definition) is 6. The molecule has 1 aromatic heterocycles. The molecule has 3 N–H and O–H groups in total. The molecule has 0 saturated heterocycles. The number of aryl methyl sites for hydroxylation is 2. The first-order valence-electron chi connectivity index (χ1n) is 13.3. The van der Waals surface area contributed by atoms with Crippen molar-refractivity contribution in [2.45, 2.75) is 32.9 Å². The van der Waals surface area contributed by atoms with E-state index in [2.05, 4.69) is 15.7 Å². The molecule has 3 aromatic rings. The molecule has 0 fully saturated rings. The lowest BCUT2D eigenvalue weighted by Gasteiger charge is -2.38. The second-order valence-electron chi connectivity index (χ2n) is 10.4. The average Bonchev–Trinajstić information content (AvgIpc) is 3.29. The van der Waals surface area contributed by atoms with Crippen LogP contribution < -0.4 is 15.4 Å². The van der Waals surface area contributed by atoms with E-state index < -0.39 is 29.9 Å². The lowest BCUT2D eigenvalue weighted by Crippen LogP contribution is -2.50. The Morgan fingerprint density at radius 3 is 2.56 bits per heavy atom. The number of rotatable bonds is 7. The minimum atomic E-state index is -0.601. The summed E-state index contributed by atoms with van der Waals surface area (Å²) in [5.74, 6) is -1.29. The molecule has 3 atom stereocenters. The van der Waals surface area contributed by atoms with Gasteiger partial charge < -0.3 is 30.3 Å². The molecule has 0 radical (unpaired) electrons. The van der Waals surface area contributed by atoms with E-state index in [0.717, 1.165) is 0 Å². The Labute approximate surface area is 237 Å². The normalized spacial score (nSPS) is 17.5. The average molecular weight is 567 g/mol. The third kappa shape index (κ3) is 6.65. The smallest absolute Gasteiger partial charge is 0.321 e. The molecule has 0 unspecified atom stereocenters. The van der Waals surface area contributed by atoms with Crippen LogP contribution in [0.2, 0.25) is 0 Å². The molecule has 12 heteroatoms. The van der Waals surface area contributed by atoms with E-state index in [0.29, 0.717) is 17.1 Å². The van der Waals surface area contributed by atoms with Gasteiger partial charge in [-0.3, -0.25) is 14.3 Å². The van der Waals surface area contributed by atoms with E-state index >= 15 is 0 Å². The third-order valence-electron chi connectivity index (χ3n) is 7.07. The van der Waals surface area contributed by atoms with Gasteiger partial charge in [-0.25, -0.2) is 9.18 Å². The van der Waals surface area contributed by atoms with Crippen molar-refractivity contribution in [1.29, 1.82) is 0 Å². The molecular weight excluding hydrogens is 531 g/mol. The zero-order valence-electron chi connectivity index (χ0n) is 23.7. The first kappa shape index (κ1) is 29.5. The Kier molecular flexibility index (Phi) is 8.92. The molecule has 4 rings (SSSR count). The van der Waals surface area contributed by atoms with Gasteiger partial charge >= 0.3 is 6.03 Å². The number of ether oxygens (including phenoxy) is 1. The molecule has 2 heterocycles. The van der Waals surface area contributed by atoms with Crippen molar-refractivity contribution in [1.82, 2.24) is 19.6 Å². The van der Waals surface area contributed by atoms with E-state index in [9.17, 15) is 23.9 Å². The monoisotopic (exact) mass is 566 g/mol. The summed E-state index contributed by atoms with van der Waals surface area (Å²) in [7, 11) is 3.27. The summed E-state index contributed by atoms with van der Waals surface area (Å²) in [4.78, 5) is 42.8. The van der Waals surface area contributed by atoms with E-state index in [-0.39, 0.29) is 48.5 Å². The highest BCUT2D eigenvalue weighted by Gasteiger charge is 2.35. The van der Waals surface area contributed by atoms with E-state index in [1.807, 2.05) is 6.92 Å². The Hall–Kier alpha value is -4.45. The number of likely N-dealkylation sites (N-methyl/N-ethyl adjacent to an activating group) is 1. The van der Waals surface area contributed by atoms with Crippen LogP contribution in [0.25, 0.3) is 0 Å². The van der Waals surface area contributed by atoms with Gasteiger partial charge in [0, 0.05) is 32.2 Å². The molecule has 1 aliphatic heterocycles. The molecule has 0 aliphatic carbocycles. The highest BCUT2D eigenvalue weighted by molar-refractivity contribution is 6.06. The number of aliphatic hydroxyl groups is 1. The summed E-state index contributed by atoms with van der Waals surface area (Å²) in [6, 6.07) is 11.1. The molecule has 1 aliphatic rings. The predicted molar refractivity (Wildman–Crippen MR) is 152 cm³/mol. The second kappa shape index (κ2) is 12.4. The summed E-state index contributed by atoms with van der Waals surface area (Å²) in [6.45, 7) is 5.58. The lowest BCUT2D eigenvalue weighted by molar-refractivity contribution is 0.0372. The number of aliphatic hydroxyl groups excluding tert-OH is 1. The van der Waals surface area contributed by atoms with Crippen LogP contribution in [0.1, 0.15) is 40.4 Å². The van der Waals surface area contributed by atoms with Crippen LogP contribution in [0.4, 0.5) is 20.6 Å². The fraction of sp³-hybridized carbons (Fsp3) is 0.379. The number of carbonyl (C=O) groups is 3. The maximum atomic E-state index is 13.7. The number of aromatic nitrogens is 2. The number of benzene rings is 2. The van der Waals surface area contributed by atoms with Crippen molar-refractivity contribution in [3.63, 3.8) is 0 Å². The number of nitrogens with one attached hydrogen (secondary N) is 2. The predicted octanol–water partition coefficient (Wildman–Crippen LogP) is 3.50. The van der Waals surface area contributed by atoms with Gasteiger partial charge in [0.15, 0.2) is 5.75 Å². The second-order valence-corrected chi connectivity index (χ2v) is 10.4. The van der Waals surface area contributed by atoms with Crippen LogP contribution in [0.15, 0.2) is 48.5 Å². The minimum Gasteiger partial charge on any atom is -0.485 e. The Morgan fingerprint density at radius 2 is 1.93 bits per heavy atom. The van der Waals surface area contributed by atoms with Gasteiger partial charge in [0.2, 0.25) is 0 Å². The first-order valence-corrected chi connectivity index (χ1v) is 13.3. The number of halogens is 1. The largest absolute Gasteiger partial charge is 0.485 e. The van der Waals surface area contributed by atoms with Crippen LogP contribution in [-0.2, 0) is 7.05 Å². The maximum absolute atomic E-state index is 13.7. The number of urea groups is 1. The highest BCUT2D eigenvalue weighted by Crippen LogP contribution is 2.35. The number of hydrogen-bond donors (Lipinski definition) is 3. The number of carbonyl (C=O) groups excluding carboxylic acids is 3. The highest BCUT2D eigenvalue weighted by atomic mass is 19.1. The number of fused-ring (bicyclic) bond motifs is 1. The molecule has 2 aromatic carbocycles. The first-order chi connectivity index (χ1) is 19.5. The van der Waals surface area contributed by atoms with Crippen LogP contribution in [0.3, 0.4) is 0 Å². The van der Waals surface area contributed by atoms with Crippen molar-refractivity contribution in [3.05, 3.63) is 71.3 Å². The lowest BCUT2D eigenvalue weighted by atomic mass is 9.99. The molecule has 4 amide bonds. The van der Waals surface area contributed by atoms with Crippen molar-refractivity contribution in [3.8, 4) is 5.75 Å². The number of amides is 4. The summed E-state index contributed by atoms with van der Waals surface area (Å²) in [5.41, 5.74) is 1.95. The summed E-state index contributed by atoms with van der Waals surface area (Å²) in [5, 5.41) is 19.7. The van der Waals surface area contributed by atoms with Crippen LogP contribution in [0.5, 0.6) is 5.75 Å². The van der Waals surface area contributed by atoms with Crippen molar-refractivity contribution in [2.75, 3.05) is 37.4 Å².